The number of ether oxygens (including phenoxy) is 1. The Bertz CT molecular complexity index is 1230. The lowest BCUT2D eigenvalue weighted by molar-refractivity contribution is -0.213. The summed E-state index contributed by atoms with van der Waals surface area (Å²) in [7, 11) is 0. The van der Waals surface area contributed by atoms with Crippen LogP contribution in [0.15, 0.2) is 59.3 Å². The van der Waals surface area contributed by atoms with Gasteiger partial charge in [-0.3, -0.25) is 4.79 Å². The highest BCUT2D eigenvalue weighted by atomic mass is 19.4. The molecule has 2 heterocycles. The third-order valence-electron chi connectivity index (χ3n) is 5.94. The van der Waals surface area contributed by atoms with E-state index >= 15 is 0 Å². The summed E-state index contributed by atoms with van der Waals surface area (Å²) in [6.45, 7) is 2.18. The largest absolute Gasteiger partial charge is 0.491 e. The lowest BCUT2D eigenvalue weighted by Crippen LogP contribution is -2.57. The van der Waals surface area contributed by atoms with Crippen LogP contribution in [0.2, 0.25) is 0 Å². The summed E-state index contributed by atoms with van der Waals surface area (Å²) < 4.78 is 62.1. The van der Waals surface area contributed by atoms with E-state index in [-0.39, 0.29) is 25.9 Å². The minimum atomic E-state index is -5.19. The third kappa shape index (κ3) is 5.67. The van der Waals surface area contributed by atoms with Gasteiger partial charge in [-0.25, -0.2) is 9.18 Å². The highest BCUT2D eigenvalue weighted by molar-refractivity contribution is 5.79. The van der Waals surface area contributed by atoms with Gasteiger partial charge >= 0.3 is 12.1 Å². The van der Waals surface area contributed by atoms with Gasteiger partial charge in [0.25, 0.3) is 0 Å². The molecule has 0 N–H and O–H groups in total. The van der Waals surface area contributed by atoms with Crippen molar-refractivity contribution in [1.82, 2.24) is 10.1 Å². The van der Waals surface area contributed by atoms with Crippen molar-refractivity contribution in [3.8, 4) is 11.3 Å². The molecule has 0 spiro atoms. The molecule has 1 saturated heterocycles. The molecule has 4 rings (SSSR count). The van der Waals surface area contributed by atoms with Crippen LogP contribution in [0.5, 0.6) is 0 Å². The van der Waals surface area contributed by atoms with Gasteiger partial charge in [-0.15, -0.1) is 0 Å². The van der Waals surface area contributed by atoms with E-state index in [0.717, 1.165) is 16.2 Å². The number of piperazine rings is 1. The molecule has 1 aliphatic heterocycles. The van der Waals surface area contributed by atoms with Crippen molar-refractivity contribution < 1.29 is 36.4 Å². The van der Waals surface area contributed by atoms with E-state index in [1.54, 1.807) is 11.0 Å². The van der Waals surface area contributed by atoms with E-state index in [0.29, 0.717) is 23.4 Å². The Kier molecular flexibility index (Phi) is 7.27. The van der Waals surface area contributed by atoms with Gasteiger partial charge < -0.3 is 19.1 Å². The topological polar surface area (TPSA) is 75.9 Å². The normalized spacial score (nSPS) is 16.2. The highest BCUT2D eigenvalue weighted by Crippen LogP contribution is 2.28. The second-order valence-electron chi connectivity index (χ2n) is 8.36. The molecule has 3 aromatic rings. The molecule has 1 aliphatic rings. The summed E-state index contributed by atoms with van der Waals surface area (Å²) in [6, 6.07) is 12.9. The van der Waals surface area contributed by atoms with Crippen LogP contribution in [-0.4, -0.2) is 54.0 Å². The Morgan fingerprint density at radius 2 is 1.83 bits per heavy atom. The number of aromatic nitrogens is 1. The Balaban J connectivity index is 1.49. The van der Waals surface area contributed by atoms with E-state index in [2.05, 4.69) is 5.16 Å². The summed E-state index contributed by atoms with van der Waals surface area (Å²) >= 11 is 0. The van der Waals surface area contributed by atoms with Crippen molar-refractivity contribution >= 4 is 17.6 Å². The first-order valence-corrected chi connectivity index (χ1v) is 11.2. The number of amides is 1. The molecule has 0 aliphatic carbocycles. The molecular weight excluding hydrogens is 482 g/mol. The zero-order valence-corrected chi connectivity index (χ0v) is 19.3. The molecule has 0 radical (unpaired) electrons. The van der Waals surface area contributed by atoms with Crippen molar-refractivity contribution in [2.45, 2.75) is 32.2 Å². The molecule has 1 aromatic heterocycles. The first-order chi connectivity index (χ1) is 17.1. The average Bonchev–Trinajstić information content (AvgIpc) is 3.31. The smallest absolute Gasteiger partial charge is 0.433 e. The Labute approximate surface area is 204 Å². The zero-order valence-electron chi connectivity index (χ0n) is 19.3. The number of nitrogens with zero attached hydrogens (tertiary/aromatic N) is 3. The third-order valence-corrected chi connectivity index (χ3v) is 5.94. The van der Waals surface area contributed by atoms with Gasteiger partial charge in [0, 0.05) is 36.3 Å². The number of rotatable bonds is 6. The van der Waals surface area contributed by atoms with E-state index in [9.17, 15) is 27.2 Å². The molecule has 2 aromatic carbocycles. The maximum atomic E-state index is 13.2. The van der Waals surface area contributed by atoms with Crippen LogP contribution in [0.4, 0.5) is 23.2 Å². The van der Waals surface area contributed by atoms with Gasteiger partial charge in [0.2, 0.25) is 5.91 Å². The van der Waals surface area contributed by atoms with Crippen molar-refractivity contribution in [3.63, 3.8) is 0 Å². The predicted molar refractivity (Wildman–Crippen MR) is 121 cm³/mol. The maximum Gasteiger partial charge on any atom is 0.491 e. The number of benzene rings is 2. The molecule has 36 heavy (non-hydrogen) atoms. The van der Waals surface area contributed by atoms with Crippen molar-refractivity contribution in [2.75, 3.05) is 24.5 Å². The number of alkyl halides is 3. The second-order valence-corrected chi connectivity index (χ2v) is 8.36. The standard InChI is InChI=1S/C25H23F4N3O4/c1-16-4-2-3-5-20(16)31-12-13-32(22(15-31)35-24(34)25(27,28)29)21(33)11-8-18-14-30-36-23(18)17-6-9-19(26)10-7-17/h2-7,9-10,14,22H,8,11-13,15H2,1H3. The molecule has 0 bridgehead atoms. The van der Waals surface area contributed by atoms with Gasteiger partial charge in [-0.2, -0.15) is 13.2 Å². The molecule has 1 fully saturated rings. The van der Waals surface area contributed by atoms with Crippen LogP contribution in [0.25, 0.3) is 11.3 Å². The number of carbonyl (C=O) groups is 2. The number of halogens is 4. The SMILES string of the molecule is Cc1ccccc1N1CCN(C(=O)CCc2cnoc2-c2ccc(F)cc2)C(OC(=O)C(F)(F)F)C1. The van der Waals surface area contributed by atoms with Crippen molar-refractivity contribution in [1.29, 1.82) is 0 Å². The molecule has 1 unspecified atom stereocenters. The summed E-state index contributed by atoms with van der Waals surface area (Å²) in [5.74, 6) is -2.88. The molecule has 1 amide bonds. The van der Waals surface area contributed by atoms with Gasteiger partial charge in [0.1, 0.15) is 5.82 Å². The Morgan fingerprint density at radius 3 is 2.53 bits per heavy atom. The van der Waals surface area contributed by atoms with Gasteiger partial charge in [-0.05, 0) is 49.2 Å². The fourth-order valence-electron chi connectivity index (χ4n) is 4.13. The monoisotopic (exact) mass is 505 g/mol. The van der Waals surface area contributed by atoms with Crippen LogP contribution in [0, 0.1) is 12.7 Å². The minimum absolute atomic E-state index is 0.0669. The average molecular weight is 505 g/mol. The van der Waals surface area contributed by atoms with Crippen molar-refractivity contribution in [3.05, 3.63) is 71.7 Å². The second kappa shape index (κ2) is 10.4. The summed E-state index contributed by atoms with van der Waals surface area (Å²) in [6.07, 6.45) is -5.08. The van der Waals surface area contributed by atoms with E-state index in [4.69, 9.17) is 9.26 Å². The molecule has 1 atom stereocenters. The number of aryl methyl sites for hydroxylation is 2. The summed E-state index contributed by atoms with van der Waals surface area (Å²) in [5, 5.41) is 3.75. The fourth-order valence-corrected chi connectivity index (χ4v) is 4.13. The first-order valence-electron chi connectivity index (χ1n) is 11.2. The highest BCUT2D eigenvalue weighted by Gasteiger charge is 2.44. The van der Waals surface area contributed by atoms with Crippen LogP contribution in [0.3, 0.4) is 0 Å². The van der Waals surface area contributed by atoms with E-state index in [1.165, 1.54) is 30.5 Å². The van der Waals surface area contributed by atoms with Crippen LogP contribution in [-0.2, 0) is 20.7 Å². The number of hydrogen-bond acceptors (Lipinski definition) is 6. The predicted octanol–water partition coefficient (Wildman–Crippen LogP) is 4.50. The lowest BCUT2D eigenvalue weighted by atomic mass is 10.0. The lowest BCUT2D eigenvalue weighted by Gasteiger charge is -2.42. The molecule has 0 saturated carbocycles. The van der Waals surface area contributed by atoms with E-state index in [1.807, 2.05) is 25.1 Å². The fraction of sp³-hybridized carbons (Fsp3) is 0.320. The Morgan fingerprint density at radius 1 is 1.11 bits per heavy atom. The van der Waals surface area contributed by atoms with Gasteiger partial charge in [-0.1, -0.05) is 23.4 Å². The number of hydrogen-bond donors (Lipinski definition) is 0. The number of anilines is 1. The number of para-hydroxylation sites is 1. The zero-order chi connectivity index (χ0) is 25.9. The summed E-state index contributed by atoms with van der Waals surface area (Å²) in [5.41, 5.74) is 2.84. The molecular formula is C25H23F4N3O4. The maximum absolute atomic E-state index is 13.2. The van der Waals surface area contributed by atoms with Crippen molar-refractivity contribution in [2.24, 2.45) is 0 Å². The first kappa shape index (κ1) is 25.2. The van der Waals surface area contributed by atoms with Crippen LogP contribution < -0.4 is 4.90 Å². The van der Waals surface area contributed by atoms with E-state index < -0.39 is 30.1 Å². The summed E-state index contributed by atoms with van der Waals surface area (Å²) in [4.78, 5) is 27.6. The molecule has 190 valence electrons. The van der Waals surface area contributed by atoms with Gasteiger partial charge in [0.05, 0.1) is 12.7 Å². The molecule has 7 nitrogen and oxygen atoms in total. The minimum Gasteiger partial charge on any atom is -0.433 e. The number of esters is 1. The van der Waals surface area contributed by atoms with Gasteiger partial charge in [0.15, 0.2) is 12.0 Å². The number of carbonyl (C=O) groups excluding carboxylic acids is 2. The molecule has 11 heteroatoms. The quantitative estimate of drug-likeness (QED) is 0.363. The Hall–Kier alpha value is -3.89. The van der Waals surface area contributed by atoms with Crippen LogP contribution in [0.1, 0.15) is 17.5 Å². The van der Waals surface area contributed by atoms with Crippen LogP contribution >= 0.6 is 0 Å².